The first-order chi connectivity index (χ1) is 13.3. The second-order valence-electron chi connectivity index (χ2n) is 7.31. The third-order valence-corrected chi connectivity index (χ3v) is 4.16. The van der Waals surface area contributed by atoms with Crippen molar-refractivity contribution in [2.75, 3.05) is 19.1 Å². The van der Waals surface area contributed by atoms with Gasteiger partial charge in [-0.3, -0.25) is 4.90 Å². The van der Waals surface area contributed by atoms with Gasteiger partial charge in [-0.2, -0.15) is 0 Å². The van der Waals surface area contributed by atoms with Gasteiger partial charge in [0.15, 0.2) is 0 Å². The van der Waals surface area contributed by atoms with Crippen LogP contribution in [-0.4, -0.2) is 35.9 Å². The summed E-state index contributed by atoms with van der Waals surface area (Å²) in [6.07, 6.45) is 3.01. The van der Waals surface area contributed by atoms with Crippen molar-refractivity contribution in [3.63, 3.8) is 0 Å². The Balaban J connectivity index is 2.05. The molecule has 28 heavy (non-hydrogen) atoms. The molecule has 2 heterocycles. The topological polar surface area (TPSA) is 76.7 Å². The van der Waals surface area contributed by atoms with Crippen LogP contribution in [0.25, 0.3) is 11.0 Å². The average Bonchev–Trinajstić information content (AvgIpc) is 3.13. The van der Waals surface area contributed by atoms with Crippen LogP contribution in [0.15, 0.2) is 42.7 Å². The van der Waals surface area contributed by atoms with Crippen molar-refractivity contribution in [3.05, 3.63) is 48.3 Å². The summed E-state index contributed by atoms with van der Waals surface area (Å²) in [6, 6.07) is 9.20. The molecule has 0 spiro atoms. The van der Waals surface area contributed by atoms with Crippen molar-refractivity contribution in [2.24, 2.45) is 0 Å². The fourth-order valence-electron chi connectivity index (χ4n) is 2.90. The number of benzene rings is 1. The van der Waals surface area contributed by atoms with E-state index in [2.05, 4.69) is 9.97 Å². The van der Waals surface area contributed by atoms with Crippen LogP contribution >= 0.6 is 0 Å². The largest absolute Gasteiger partial charge is 0.497 e. The first-order valence-electron chi connectivity index (χ1n) is 8.96. The van der Waals surface area contributed by atoms with E-state index in [4.69, 9.17) is 14.2 Å². The molecular formula is C21H25N3O4. The van der Waals surface area contributed by atoms with Crippen LogP contribution in [0.5, 0.6) is 11.5 Å². The highest BCUT2D eigenvalue weighted by Gasteiger charge is 2.26. The van der Waals surface area contributed by atoms with Gasteiger partial charge >= 0.3 is 6.09 Å². The summed E-state index contributed by atoms with van der Waals surface area (Å²) < 4.78 is 16.4. The number of rotatable bonds is 5. The van der Waals surface area contributed by atoms with E-state index >= 15 is 0 Å². The second kappa shape index (κ2) is 7.80. The molecule has 0 saturated carbocycles. The molecule has 148 valence electrons. The number of amides is 1. The zero-order valence-electron chi connectivity index (χ0n) is 16.8. The van der Waals surface area contributed by atoms with Crippen LogP contribution in [0, 0.1) is 0 Å². The van der Waals surface area contributed by atoms with Gasteiger partial charge in [-0.05, 0) is 45.0 Å². The smallest absolute Gasteiger partial charge is 0.415 e. The lowest BCUT2D eigenvalue weighted by Gasteiger charge is -2.28. The lowest BCUT2D eigenvalue weighted by atomic mass is 10.1. The third-order valence-electron chi connectivity index (χ3n) is 4.16. The fourth-order valence-corrected chi connectivity index (χ4v) is 2.90. The minimum absolute atomic E-state index is 0.270. The second-order valence-corrected chi connectivity index (χ2v) is 7.31. The van der Waals surface area contributed by atoms with Crippen molar-refractivity contribution >= 4 is 22.8 Å². The van der Waals surface area contributed by atoms with Crippen molar-refractivity contribution < 1.29 is 19.0 Å². The fraction of sp³-hybridized carbons (Fsp3) is 0.333. The summed E-state index contributed by atoms with van der Waals surface area (Å²) >= 11 is 0. The number of ether oxygens (including phenoxy) is 3. The highest BCUT2D eigenvalue weighted by atomic mass is 16.6. The minimum atomic E-state index is -0.621. The van der Waals surface area contributed by atoms with Crippen LogP contribution in [0.3, 0.4) is 0 Å². The molecule has 0 atom stereocenters. The lowest BCUT2D eigenvalue weighted by molar-refractivity contribution is 0.0578. The summed E-state index contributed by atoms with van der Waals surface area (Å²) in [5.41, 5.74) is 1.62. The van der Waals surface area contributed by atoms with E-state index < -0.39 is 11.7 Å². The number of carbonyl (C=O) groups excluding carboxylic acids is 1. The number of aromatic amines is 1. The maximum Gasteiger partial charge on any atom is 0.415 e. The Bertz CT molecular complexity index is 975. The molecule has 7 heteroatoms. The number of aromatic nitrogens is 2. The van der Waals surface area contributed by atoms with Gasteiger partial charge in [0.1, 0.15) is 22.7 Å². The van der Waals surface area contributed by atoms with Gasteiger partial charge in [0.25, 0.3) is 0 Å². The van der Waals surface area contributed by atoms with E-state index in [0.29, 0.717) is 22.8 Å². The summed E-state index contributed by atoms with van der Waals surface area (Å²) in [6.45, 7) is 5.80. The summed E-state index contributed by atoms with van der Waals surface area (Å²) in [5, 5.41) is 0.834. The molecule has 0 aliphatic rings. The predicted octanol–water partition coefficient (Wildman–Crippen LogP) is 4.52. The zero-order valence-corrected chi connectivity index (χ0v) is 16.8. The normalized spacial score (nSPS) is 11.3. The zero-order chi connectivity index (χ0) is 20.3. The minimum Gasteiger partial charge on any atom is -0.497 e. The monoisotopic (exact) mass is 383 g/mol. The number of H-pyrrole nitrogens is 1. The summed E-state index contributed by atoms with van der Waals surface area (Å²) in [4.78, 5) is 22.0. The molecule has 1 N–H and O–H groups in total. The van der Waals surface area contributed by atoms with Crippen LogP contribution in [0.4, 0.5) is 10.5 Å². The van der Waals surface area contributed by atoms with Gasteiger partial charge in [0.05, 0.1) is 26.5 Å². The number of hydrogen-bond acceptors (Lipinski definition) is 5. The van der Waals surface area contributed by atoms with Gasteiger partial charge in [0, 0.05) is 29.4 Å². The van der Waals surface area contributed by atoms with Crippen LogP contribution in [-0.2, 0) is 11.3 Å². The number of fused-ring (bicyclic) bond motifs is 1. The van der Waals surface area contributed by atoms with Crippen molar-refractivity contribution in [1.82, 2.24) is 9.97 Å². The van der Waals surface area contributed by atoms with Gasteiger partial charge in [0.2, 0.25) is 0 Å². The summed E-state index contributed by atoms with van der Waals surface area (Å²) in [5.74, 6) is 1.31. The first kappa shape index (κ1) is 19.5. The van der Waals surface area contributed by atoms with E-state index in [-0.39, 0.29) is 6.54 Å². The average molecular weight is 383 g/mol. The van der Waals surface area contributed by atoms with E-state index in [1.165, 1.54) is 0 Å². The SMILES string of the molecule is COc1ccc(CN(C(=O)OC(C)(C)C)c2ccnc3[nH]ccc23)c(OC)c1. The number of hydrogen-bond donors (Lipinski definition) is 1. The van der Waals surface area contributed by atoms with Crippen molar-refractivity contribution in [2.45, 2.75) is 32.9 Å². The van der Waals surface area contributed by atoms with E-state index in [1.807, 2.05) is 39.0 Å². The molecule has 3 aromatic rings. The molecule has 0 fully saturated rings. The summed E-state index contributed by atoms with van der Waals surface area (Å²) in [7, 11) is 3.19. The molecule has 0 aliphatic carbocycles. The Kier molecular flexibility index (Phi) is 5.44. The van der Waals surface area contributed by atoms with Crippen molar-refractivity contribution in [1.29, 1.82) is 0 Å². The molecule has 1 amide bonds. The molecule has 0 aliphatic heterocycles. The number of pyridine rings is 1. The standard InChI is InChI=1S/C21H25N3O4/c1-21(2,3)28-20(25)24(17-9-11-23-19-16(17)8-10-22-19)13-14-6-7-15(26-4)12-18(14)27-5/h6-12H,13H2,1-5H3,(H,22,23). The Labute approximate surface area is 164 Å². The quantitative estimate of drug-likeness (QED) is 0.701. The van der Waals surface area contributed by atoms with Gasteiger partial charge in [-0.1, -0.05) is 0 Å². The third kappa shape index (κ3) is 4.19. The highest BCUT2D eigenvalue weighted by molar-refractivity contribution is 5.99. The van der Waals surface area contributed by atoms with Crippen LogP contribution in [0.1, 0.15) is 26.3 Å². The van der Waals surface area contributed by atoms with Crippen molar-refractivity contribution in [3.8, 4) is 11.5 Å². The van der Waals surface area contributed by atoms with Gasteiger partial charge in [-0.25, -0.2) is 9.78 Å². The van der Waals surface area contributed by atoms with E-state index in [1.54, 1.807) is 43.6 Å². The number of methoxy groups -OCH3 is 2. The number of carbonyl (C=O) groups is 1. The lowest BCUT2D eigenvalue weighted by Crippen LogP contribution is -2.36. The van der Waals surface area contributed by atoms with Gasteiger partial charge < -0.3 is 19.2 Å². The Morgan fingerprint density at radius 3 is 2.61 bits per heavy atom. The Morgan fingerprint density at radius 1 is 1.14 bits per heavy atom. The molecule has 0 saturated heterocycles. The maximum atomic E-state index is 13.1. The van der Waals surface area contributed by atoms with E-state index in [9.17, 15) is 4.79 Å². The molecule has 0 unspecified atom stereocenters. The van der Waals surface area contributed by atoms with Gasteiger partial charge in [-0.15, -0.1) is 0 Å². The first-order valence-corrected chi connectivity index (χ1v) is 8.96. The van der Waals surface area contributed by atoms with Crippen LogP contribution in [0.2, 0.25) is 0 Å². The molecule has 0 bridgehead atoms. The molecule has 2 aromatic heterocycles. The van der Waals surface area contributed by atoms with E-state index in [0.717, 1.165) is 10.9 Å². The number of nitrogens with one attached hydrogen (secondary N) is 1. The molecule has 3 rings (SSSR count). The molecule has 7 nitrogen and oxygen atoms in total. The Hall–Kier alpha value is -3.22. The predicted molar refractivity (Wildman–Crippen MR) is 108 cm³/mol. The number of nitrogens with zero attached hydrogens (tertiary/aromatic N) is 2. The molecular weight excluding hydrogens is 358 g/mol. The molecule has 0 radical (unpaired) electrons. The maximum absolute atomic E-state index is 13.1. The van der Waals surface area contributed by atoms with Crippen LogP contribution < -0.4 is 14.4 Å². The number of anilines is 1. The Morgan fingerprint density at radius 2 is 1.93 bits per heavy atom. The molecule has 1 aromatic carbocycles. The highest BCUT2D eigenvalue weighted by Crippen LogP contribution is 2.31.